The van der Waals surface area contributed by atoms with Gasteiger partial charge in [-0.15, -0.1) is 0 Å². The molecule has 0 bridgehead atoms. The van der Waals surface area contributed by atoms with Crippen LogP contribution < -0.4 is 10.1 Å². The van der Waals surface area contributed by atoms with Crippen LogP contribution >= 0.6 is 11.6 Å². The number of carbonyl (C=O) groups is 2. The van der Waals surface area contributed by atoms with Crippen molar-refractivity contribution in [2.45, 2.75) is 6.42 Å². The van der Waals surface area contributed by atoms with Gasteiger partial charge in [-0.25, -0.2) is 4.79 Å². The van der Waals surface area contributed by atoms with Gasteiger partial charge in [0.05, 0.1) is 12.7 Å². The van der Waals surface area contributed by atoms with E-state index in [9.17, 15) is 9.59 Å². The highest BCUT2D eigenvalue weighted by Crippen LogP contribution is 2.13. The van der Waals surface area contributed by atoms with E-state index in [0.29, 0.717) is 29.3 Å². The van der Waals surface area contributed by atoms with E-state index in [1.807, 2.05) is 12.1 Å². The molecular formula is C18H18ClNO4. The Hall–Kier alpha value is -2.53. The maximum Gasteiger partial charge on any atom is 0.338 e. The summed E-state index contributed by atoms with van der Waals surface area (Å²) in [6.45, 7) is 0.133. The molecule has 0 spiro atoms. The van der Waals surface area contributed by atoms with Crippen LogP contribution in [-0.2, 0) is 16.0 Å². The topological polar surface area (TPSA) is 64.6 Å². The molecule has 0 fully saturated rings. The minimum atomic E-state index is -0.568. The quantitative estimate of drug-likeness (QED) is 0.782. The highest BCUT2D eigenvalue weighted by atomic mass is 35.5. The molecule has 0 saturated heterocycles. The summed E-state index contributed by atoms with van der Waals surface area (Å²) in [5.41, 5.74) is 1.40. The molecule has 6 heteroatoms. The van der Waals surface area contributed by atoms with E-state index in [4.69, 9.17) is 21.1 Å². The maximum absolute atomic E-state index is 11.9. The van der Waals surface area contributed by atoms with E-state index in [2.05, 4.69) is 5.32 Å². The molecule has 0 aromatic heterocycles. The molecule has 0 aliphatic carbocycles. The zero-order valence-electron chi connectivity index (χ0n) is 13.3. The largest absolute Gasteiger partial charge is 0.497 e. The fraction of sp³-hybridized carbons (Fsp3) is 0.222. The van der Waals surface area contributed by atoms with Crippen LogP contribution in [0.1, 0.15) is 15.9 Å². The van der Waals surface area contributed by atoms with Crippen LogP contribution in [0.4, 0.5) is 0 Å². The molecule has 126 valence electrons. The SMILES string of the molecule is COc1cccc(C(=O)OCC(=O)NCCc2ccc(Cl)cc2)c1. The Morgan fingerprint density at radius 1 is 1.12 bits per heavy atom. The maximum atomic E-state index is 11.9. The zero-order valence-corrected chi connectivity index (χ0v) is 14.0. The van der Waals surface area contributed by atoms with Crippen molar-refractivity contribution < 1.29 is 19.1 Å². The summed E-state index contributed by atoms with van der Waals surface area (Å²) < 4.78 is 10.0. The number of hydrogen-bond acceptors (Lipinski definition) is 4. The molecule has 0 atom stereocenters. The lowest BCUT2D eigenvalue weighted by molar-refractivity contribution is -0.124. The van der Waals surface area contributed by atoms with Gasteiger partial charge in [-0.3, -0.25) is 4.79 Å². The van der Waals surface area contributed by atoms with E-state index in [1.165, 1.54) is 7.11 Å². The van der Waals surface area contributed by atoms with Gasteiger partial charge in [-0.1, -0.05) is 29.8 Å². The van der Waals surface area contributed by atoms with Gasteiger partial charge in [0.1, 0.15) is 5.75 Å². The van der Waals surface area contributed by atoms with Crippen molar-refractivity contribution in [3.63, 3.8) is 0 Å². The van der Waals surface area contributed by atoms with Crippen LogP contribution in [0, 0.1) is 0 Å². The van der Waals surface area contributed by atoms with Gasteiger partial charge in [0.2, 0.25) is 0 Å². The lowest BCUT2D eigenvalue weighted by Crippen LogP contribution is -2.30. The Balaban J connectivity index is 1.72. The predicted octanol–water partition coefficient (Wildman–Crippen LogP) is 2.86. The van der Waals surface area contributed by atoms with Crippen molar-refractivity contribution >= 4 is 23.5 Å². The second-order valence-electron chi connectivity index (χ2n) is 5.03. The lowest BCUT2D eigenvalue weighted by atomic mass is 10.1. The number of methoxy groups -OCH3 is 1. The number of esters is 1. The molecule has 0 aliphatic rings. The zero-order chi connectivity index (χ0) is 17.4. The summed E-state index contributed by atoms with van der Waals surface area (Å²) in [6, 6.07) is 14.0. The number of nitrogens with one attached hydrogen (secondary N) is 1. The fourth-order valence-corrected chi connectivity index (χ4v) is 2.14. The summed E-state index contributed by atoms with van der Waals surface area (Å²) in [4.78, 5) is 23.6. The summed E-state index contributed by atoms with van der Waals surface area (Å²) in [7, 11) is 1.51. The third kappa shape index (κ3) is 5.59. The molecule has 0 heterocycles. The van der Waals surface area contributed by atoms with E-state index < -0.39 is 5.97 Å². The van der Waals surface area contributed by atoms with Crippen LogP contribution in [0.5, 0.6) is 5.75 Å². The number of ether oxygens (including phenoxy) is 2. The molecule has 0 unspecified atom stereocenters. The smallest absolute Gasteiger partial charge is 0.338 e. The van der Waals surface area contributed by atoms with Crippen molar-refractivity contribution in [2.75, 3.05) is 20.3 Å². The normalized spacial score (nSPS) is 10.1. The van der Waals surface area contributed by atoms with Crippen molar-refractivity contribution in [1.29, 1.82) is 0 Å². The first-order chi connectivity index (χ1) is 11.6. The predicted molar refractivity (Wildman–Crippen MR) is 91.4 cm³/mol. The van der Waals surface area contributed by atoms with Crippen LogP contribution in [0.2, 0.25) is 5.02 Å². The molecule has 5 nitrogen and oxygen atoms in total. The number of amides is 1. The molecule has 2 aromatic carbocycles. The van der Waals surface area contributed by atoms with E-state index in [1.54, 1.807) is 36.4 Å². The second kappa shape index (κ2) is 8.93. The first kappa shape index (κ1) is 17.8. The van der Waals surface area contributed by atoms with Crippen LogP contribution in [0.25, 0.3) is 0 Å². The average Bonchev–Trinajstić information content (AvgIpc) is 2.61. The Morgan fingerprint density at radius 2 is 1.88 bits per heavy atom. The highest BCUT2D eigenvalue weighted by Gasteiger charge is 2.10. The highest BCUT2D eigenvalue weighted by molar-refractivity contribution is 6.30. The molecule has 1 amide bonds. The van der Waals surface area contributed by atoms with Crippen LogP contribution in [0.3, 0.4) is 0 Å². The van der Waals surface area contributed by atoms with Gasteiger partial charge in [0, 0.05) is 11.6 Å². The monoisotopic (exact) mass is 347 g/mol. The van der Waals surface area contributed by atoms with Crippen molar-refractivity contribution in [1.82, 2.24) is 5.32 Å². The van der Waals surface area contributed by atoms with Crippen molar-refractivity contribution in [2.24, 2.45) is 0 Å². The first-order valence-electron chi connectivity index (χ1n) is 7.41. The molecule has 24 heavy (non-hydrogen) atoms. The minimum absolute atomic E-state index is 0.323. The molecule has 2 rings (SSSR count). The molecule has 0 saturated carbocycles. The number of carbonyl (C=O) groups excluding carboxylic acids is 2. The van der Waals surface area contributed by atoms with Crippen molar-refractivity contribution in [3.8, 4) is 5.75 Å². The molecule has 0 aliphatic heterocycles. The molecule has 2 aromatic rings. The standard InChI is InChI=1S/C18H18ClNO4/c1-23-16-4-2-3-14(11-16)18(22)24-12-17(21)20-10-9-13-5-7-15(19)8-6-13/h2-8,11H,9-10,12H2,1H3,(H,20,21). The number of hydrogen-bond donors (Lipinski definition) is 1. The Labute approximate surface area is 145 Å². The summed E-state index contributed by atoms with van der Waals surface area (Å²) in [6.07, 6.45) is 0.673. The van der Waals surface area contributed by atoms with Gasteiger partial charge in [0.25, 0.3) is 5.91 Å². The third-order valence-electron chi connectivity index (χ3n) is 3.29. The van der Waals surface area contributed by atoms with Gasteiger partial charge in [-0.05, 0) is 42.3 Å². The summed E-state index contributed by atoms with van der Waals surface area (Å²) in [5.74, 6) is -0.362. The minimum Gasteiger partial charge on any atom is -0.497 e. The average molecular weight is 348 g/mol. The Morgan fingerprint density at radius 3 is 2.58 bits per heavy atom. The van der Waals surface area contributed by atoms with Gasteiger partial charge in [0.15, 0.2) is 6.61 Å². The number of halogens is 1. The number of rotatable bonds is 7. The summed E-state index contributed by atoms with van der Waals surface area (Å²) >= 11 is 5.81. The van der Waals surface area contributed by atoms with Gasteiger partial charge < -0.3 is 14.8 Å². The Kier molecular flexibility index (Phi) is 6.63. The van der Waals surface area contributed by atoms with E-state index in [0.717, 1.165) is 5.56 Å². The second-order valence-corrected chi connectivity index (χ2v) is 5.47. The molecular weight excluding hydrogens is 330 g/mol. The van der Waals surface area contributed by atoms with Crippen LogP contribution in [-0.4, -0.2) is 32.1 Å². The molecule has 1 N–H and O–H groups in total. The molecule has 0 radical (unpaired) electrons. The van der Waals surface area contributed by atoms with Gasteiger partial charge in [-0.2, -0.15) is 0 Å². The van der Waals surface area contributed by atoms with E-state index >= 15 is 0 Å². The van der Waals surface area contributed by atoms with Crippen LogP contribution in [0.15, 0.2) is 48.5 Å². The lowest BCUT2D eigenvalue weighted by Gasteiger charge is -2.07. The fourth-order valence-electron chi connectivity index (χ4n) is 2.01. The van der Waals surface area contributed by atoms with Crippen molar-refractivity contribution in [3.05, 3.63) is 64.7 Å². The third-order valence-corrected chi connectivity index (χ3v) is 3.54. The van der Waals surface area contributed by atoms with Gasteiger partial charge >= 0.3 is 5.97 Å². The Bertz CT molecular complexity index is 700. The van der Waals surface area contributed by atoms with E-state index in [-0.39, 0.29) is 12.5 Å². The summed E-state index contributed by atoms with van der Waals surface area (Å²) in [5, 5.41) is 3.37. The first-order valence-corrected chi connectivity index (χ1v) is 7.78. The number of benzene rings is 2.